The van der Waals surface area contributed by atoms with Gasteiger partial charge in [0.05, 0.1) is 43.4 Å². The number of benzene rings is 4. The van der Waals surface area contributed by atoms with E-state index in [9.17, 15) is 14.4 Å². The summed E-state index contributed by atoms with van der Waals surface area (Å²) in [4.78, 5) is 37.7. The highest BCUT2D eigenvalue weighted by molar-refractivity contribution is 9.10. The molecule has 11 nitrogen and oxygen atoms in total. The van der Waals surface area contributed by atoms with Gasteiger partial charge < -0.3 is 29.4 Å². The number of esters is 1. The number of allylic oxidation sites excluding steroid dienone is 1. The molecule has 258 valence electrons. The Morgan fingerprint density at radius 2 is 1.59 bits per heavy atom. The molecule has 0 fully saturated rings. The average molecular weight is 749 g/mol. The third-order valence-corrected chi connectivity index (χ3v) is 8.71. The molecule has 6 rings (SSSR count). The van der Waals surface area contributed by atoms with Crippen LogP contribution >= 0.6 is 15.9 Å². The van der Waals surface area contributed by atoms with Gasteiger partial charge >= 0.3 is 12.0 Å². The lowest BCUT2D eigenvalue weighted by Gasteiger charge is -2.28. The predicted molar refractivity (Wildman–Crippen MR) is 198 cm³/mol. The first-order valence-electron chi connectivity index (χ1n) is 15.9. The summed E-state index contributed by atoms with van der Waals surface area (Å²) in [6.45, 7) is 1.26. The summed E-state index contributed by atoms with van der Waals surface area (Å²) in [5, 5.41) is 9.64. The first-order chi connectivity index (χ1) is 24.8. The third-order valence-electron chi connectivity index (χ3n) is 8.18. The first-order valence-corrected chi connectivity index (χ1v) is 16.7. The van der Waals surface area contributed by atoms with Crippen molar-refractivity contribution < 1.29 is 28.6 Å². The number of urea groups is 1. The SMILES string of the molecule is COC(=O)C1=C(C)NC(=O)N[C@@H]1c1ccc(OCC(=O)N/N=C\c2cc(-c3ccccc3)n(-c3ccc(Br)cc3)c2-c2ccccc2)c(OC)c1. The Kier molecular flexibility index (Phi) is 10.6. The number of halogens is 1. The molecule has 0 saturated carbocycles. The van der Waals surface area contributed by atoms with Gasteiger partial charge in [-0.25, -0.2) is 15.0 Å². The second-order valence-corrected chi connectivity index (χ2v) is 12.3. The van der Waals surface area contributed by atoms with Crippen molar-refractivity contribution in [2.45, 2.75) is 13.0 Å². The summed E-state index contributed by atoms with van der Waals surface area (Å²) in [5.74, 6) is -0.495. The summed E-state index contributed by atoms with van der Waals surface area (Å²) >= 11 is 3.55. The van der Waals surface area contributed by atoms with Crippen LogP contribution in [0.25, 0.3) is 28.2 Å². The molecular weight excluding hydrogens is 714 g/mol. The Balaban J connectivity index is 1.23. The highest BCUT2D eigenvalue weighted by atomic mass is 79.9. The fourth-order valence-corrected chi connectivity index (χ4v) is 6.12. The van der Waals surface area contributed by atoms with E-state index in [4.69, 9.17) is 14.2 Å². The van der Waals surface area contributed by atoms with Gasteiger partial charge in [-0.2, -0.15) is 5.10 Å². The maximum atomic E-state index is 12.9. The second kappa shape index (κ2) is 15.6. The molecular formula is C39H34BrN5O6. The van der Waals surface area contributed by atoms with Crippen LogP contribution in [0.5, 0.6) is 11.5 Å². The summed E-state index contributed by atoms with van der Waals surface area (Å²) in [5.41, 5.74) is 9.36. The molecule has 0 aliphatic carbocycles. The van der Waals surface area contributed by atoms with Gasteiger partial charge in [0.25, 0.3) is 5.91 Å². The molecule has 4 aromatic carbocycles. The van der Waals surface area contributed by atoms with E-state index >= 15 is 0 Å². The summed E-state index contributed by atoms with van der Waals surface area (Å²) in [6, 6.07) is 33.9. The third kappa shape index (κ3) is 7.71. The molecule has 0 spiro atoms. The number of ether oxygens (including phenoxy) is 3. The predicted octanol–water partition coefficient (Wildman–Crippen LogP) is 6.91. The van der Waals surface area contributed by atoms with E-state index in [1.54, 1.807) is 31.3 Å². The molecule has 5 aromatic rings. The van der Waals surface area contributed by atoms with Gasteiger partial charge in [-0.15, -0.1) is 0 Å². The summed E-state index contributed by atoms with van der Waals surface area (Å²) < 4.78 is 19.4. The lowest BCUT2D eigenvalue weighted by molar-refractivity contribution is -0.136. The molecule has 0 saturated heterocycles. The van der Waals surface area contributed by atoms with E-state index in [2.05, 4.69) is 53.8 Å². The van der Waals surface area contributed by atoms with Crippen LogP contribution in [0.2, 0.25) is 0 Å². The number of rotatable bonds is 11. The minimum absolute atomic E-state index is 0.253. The monoisotopic (exact) mass is 747 g/mol. The topological polar surface area (TPSA) is 132 Å². The van der Waals surface area contributed by atoms with Gasteiger partial charge in [0.15, 0.2) is 18.1 Å². The Morgan fingerprint density at radius 1 is 0.902 bits per heavy atom. The molecule has 3 N–H and O–H groups in total. The molecule has 1 aliphatic rings. The van der Waals surface area contributed by atoms with E-state index < -0.39 is 23.9 Å². The number of carbonyl (C=O) groups excluding carboxylic acids is 3. The van der Waals surface area contributed by atoms with E-state index in [0.717, 1.165) is 38.2 Å². The van der Waals surface area contributed by atoms with Crippen LogP contribution in [0.4, 0.5) is 4.79 Å². The Labute approximate surface area is 303 Å². The van der Waals surface area contributed by atoms with Crippen molar-refractivity contribution in [2.75, 3.05) is 20.8 Å². The van der Waals surface area contributed by atoms with Crippen molar-refractivity contribution in [1.29, 1.82) is 0 Å². The molecule has 0 radical (unpaired) electrons. The number of nitrogens with one attached hydrogen (secondary N) is 3. The normalized spacial score (nSPS) is 14.1. The highest BCUT2D eigenvalue weighted by Gasteiger charge is 2.32. The van der Waals surface area contributed by atoms with Crippen molar-refractivity contribution in [1.82, 2.24) is 20.6 Å². The molecule has 0 unspecified atom stereocenters. The van der Waals surface area contributed by atoms with Crippen LogP contribution < -0.4 is 25.5 Å². The van der Waals surface area contributed by atoms with Crippen molar-refractivity contribution in [3.05, 3.63) is 136 Å². The minimum atomic E-state index is -0.784. The van der Waals surface area contributed by atoms with Crippen molar-refractivity contribution in [3.63, 3.8) is 0 Å². The Bertz CT molecular complexity index is 2130. The van der Waals surface area contributed by atoms with Gasteiger partial charge in [0, 0.05) is 21.4 Å². The molecule has 1 atom stereocenters. The number of hydrazone groups is 1. The fraction of sp³-hybridized carbons (Fsp3) is 0.128. The number of carbonyl (C=O) groups is 3. The van der Waals surface area contributed by atoms with Crippen molar-refractivity contribution in [2.24, 2.45) is 5.10 Å². The van der Waals surface area contributed by atoms with Crippen LogP contribution in [-0.2, 0) is 14.3 Å². The minimum Gasteiger partial charge on any atom is -0.493 e. The zero-order valence-electron chi connectivity index (χ0n) is 28.0. The van der Waals surface area contributed by atoms with Crippen molar-refractivity contribution in [3.8, 4) is 39.7 Å². The Morgan fingerprint density at radius 3 is 2.25 bits per heavy atom. The smallest absolute Gasteiger partial charge is 0.337 e. The number of hydrogen-bond acceptors (Lipinski definition) is 7. The van der Waals surface area contributed by atoms with Crippen LogP contribution in [0.15, 0.2) is 130 Å². The van der Waals surface area contributed by atoms with E-state index in [1.807, 2.05) is 78.9 Å². The van der Waals surface area contributed by atoms with Gasteiger partial charge in [-0.05, 0) is 66.1 Å². The number of amides is 3. The quantitative estimate of drug-likeness (QED) is 0.0765. The molecule has 0 bridgehead atoms. The summed E-state index contributed by atoms with van der Waals surface area (Å²) in [7, 11) is 2.72. The van der Waals surface area contributed by atoms with Crippen LogP contribution in [0.3, 0.4) is 0 Å². The largest absolute Gasteiger partial charge is 0.493 e. The molecule has 3 amide bonds. The Hall–Kier alpha value is -6.14. The number of hydrogen-bond donors (Lipinski definition) is 3. The molecule has 51 heavy (non-hydrogen) atoms. The second-order valence-electron chi connectivity index (χ2n) is 11.4. The van der Waals surface area contributed by atoms with Gasteiger partial charge in [-0.1, -0.05) is 82.7 Å². The highest BCUT2D eigenvalue weighted by Crippen LogP contribution is 2.37. The van der Waals surface area contributed by atoms with Gasteiger partial charge in [-0.3, -0.25) is 4.79 Å². The average Bonchev–Trinajstić information content (AvgIpc) is 3.53. The van der Waals surface area contributed by atoms with E-state index in [0.29, 0.717) is 17.0 Å². The van der Waals surface area contributed by atoms with E-state index in [1.165, 1.54) is 14.2 Å². The van der Waals surface area contributed by atoms with Crippen LogP contribution in [-0.4, -0.2) is 49.5 Å². The molecule has 1 aromatic heterocycles. The van der Waals surface area contributed by atoms with Crippen molar-refractivity contribution >= 4 is 40.1 Å². The van der Waals surface area contributed by atoms with Gasteiger partial charge in [0.1, 0.15) is 0 Å². The zero-order valence-corrected chi connectivity index (χ0v) is 29.6. The number of nitrogens with zero attached hydrogens (tertiary/aromatic N) is 2. The maximum Gasteiger partial charge on any atom is 0.337 e. The molecule has 12 heteroatoms. The lowest BCUT2D eigenvalue weighted by Crippen LogP contribution is -2.45. The maximum absolute atomic E-state index is 12.9. The summed E-state index contributed by atoms with van der Waals surface area (Å²) in [6.07, 6.45) is 1.62. The lowest BCUT2D eigenvalue weighted by atomic mass is 9.95. The van der Waals surface area contributed by atoms with Crippen LogP contribution in [0.1, 0.15) is 24.1 Å². The number of aromatic nitrogens is 1. The van der Waals surface area contributed by atoms with E-state index in [-0.39, 0.29) is 17.9 Å². The first kappa shape index (κ1) is 34.7. The molecule has 1 aliphatic heterocycles. The van der Waals surface area contributed by atoms with Gasteiger partial charge in [0.2, 0.25) is 0 Å². The zero-order chi connectivity index (χ0) is 35.9. The fourth-order valence-electron chi connectivity index (χ4n) is 5.86. The standard InChI is InChI=1S/C39H34BrN5O6/c1-24-35(38(47)50-3)36(43-39(48)42-24)27-14-19-32(33(21-27)49-2)51-23-34(46)44-41-22-28-20-31(25-10-6-4-7-11-25)45(30-17-15-29(40)16-18-30)37(28)26-12-8-5-9-13-26/h4-22,36H,23H2,1-3H3,(H,44,46)(H2,42,43,48)/b41-22-/t36-/m1/s1. The molecule has 2 heterocycles. The van der Waals surface area contributed by atoms with Crippen LogP contribution in [0, 0.1) is 0 Å². The number of methoxy groups -OCH3 is 2.